The first-order valence-corrected chi connectivity index (χ1v) is 6.96. The number of amides is 1. The minimum atomic E-state index is -0.162. The van der Waals surface area contributed by atoms with Crippen LogP contribution >= 0.6 is 11.6 Å². The molecule has 1 aliphatic rings. The third-order valence-corrected chi connectivity index (χ3v) is 3.60. The van der Waals surface area contributed by atoms with Gasteiger partial charge in [0.1, 0.15) is 0 Å². The van der Waals surface area contributed by atoms with Crippen molar-refractivity contribution in [1.82, 2.24) is 5.32 Å². The van der Waals surface area contributed by atoms with E-state index < -0.39 is 0 Å². The zero-order chi connectivity index (χ0) is 12.0. The lowest BCUT2D eigenvalue weighted by Gasteiger charge is -2.27. The maximum absolute atomic E-state index is 12.1. The van der Waals surface area contributed by atoms with Crippen molar-refractivity contribution in [3.63, 3.8) is 0 Å². The van der Waals surface area contributed by atoms with Gasteiger partial charge in [-0.15, -0.1) is 11.6 Å². The molecule has 1 aliphatic carbocycles. The third kappa shape index (κ3) is 4.73. The van der Waals surface area contributed by atoms with Gasteiger partial charge in [0.05, 0.1) is 0 Å². The summed E-state index contributed by atoms with van der Waals surface area (Å²) in [5.74, 6) is 1.06. The van der Waals surface area contributed by atoms with Gasteiger partial charge in [-0.1, -0.05) is 25.7 Å². The predicted octanol–water partition coefficient (Wildman–Crippen LogP) is 3.48. The fourth-order valence-corrected chi connectivity index (χ4v) is 2.75. The summed E-state index contributed by atoms with van der Waals surface area (Å²) in [6.45, 7) is 4.09. The Morgan fingerprint density at radius 2 is 1.81 bits per heavy atom. The van der Waals surface area contributed by atoms with Gasteiger partial charge in [0.25, 0.3) is 0 Å². The number of alkyl halides is 1. The van der Waals surface area contributed by atoms with E-state index in [1.165, 1.54) is 25.7 Å². The minimum absolute atomic E-state index is 0.162. The molecule has 0 bridgehead atoms. The number of carbonyl (C=O) groups is 1. The van der Waals surface area contributed by atoms with E-state index in [1.807, 2.05) is 13.8 Å². The molecule has 1 fully saturated rings. The lowest BCUT2D eigenvalue weighted by Crippen LogP contribution is -2.46. The van der Waals surface area contributed by atoms with Gasteiger partial charge in [0, 0.05) is 17.3 Å². The average Bonchev–Trinajstić information content (AvgIpc) is 2.44. The van der Waals surface area contributed by atoms with E-state index in [0.29, 0.717) is 5.88 Å². The van der Waals surface area contributed by atoms with Crippen LogP contribution < -0.4 is 5.32 Å². The normalized spacial score (nSPS) is 19.2. The van der Waals surface area contributed by atoms with E-state index in [9.17, 15) is 4.79 Å². The Kier molecular flexibility index (Phi) is 5.60. The van der Waals surface area contributed by atoms with Gasteiger partial charge < -0.3 is 5.32 Å². The molecule has 0 aromatic heterocycles. The molecule has 3 heteroatoms. The summed E-state index contributed by atoms with van der Waals surface area (Å²) in [4.78, 5) is 12.1. The summed E-state index contributed by atoms with van der Waals surface area (Å²) in [5.41, 5.74) is -0.162. The summed E-state index contributed by atoms with van der Waals surface area (Å²) in [7, 11) is 0. The van der Waals surface area contributed by atoms with Crippen LogP contribution in [0.5, 0.6) is 0 Å². The lowest BCUT2D eigenvalue weighted by molar-refractivity contribution is -0.127. The molecule has 0 unspecified atom stereocenters. The Morgan fingerprint density at radius 3 is 2.31 bits per heavy atom. The van der Waals surface area contributed by atoms with Crippen LogP contribution in [0.1, 0.15) is 58.8 Å². The van der Waals surface area contributed by atoms with Crippen LogP contribution in [-0.2, 0) is 4.79 Å². The first-order valence-electron chi connectivity index (χ1n) is 6.43. The first kappa shape index (κ1) is 13.8. The Balaban J connectivity index is 2.43. The molecule has 1 saturated carbocycles. The van der Waals surface area contributed by atoms with Gasteiger partial charge in [-0.2, -0.15) is 0 Å². The van der Waals surface area contributed by atoms with Crippen molar-refractivity contribution in [3.8, 4) is 0 Å². The van der Waals surface area contributed by atoms with E-state index in [4.69, 9.17) is 11.6 Å². The zero-order valence-corrected chi connectivity index (χ0v) is 11.3. The van der Waals surface area contributed by atoms with E-state index in [1.54, 1.807) is 0 Å². The van der Waals surface area contributed by atoms with E-state index in [-0.39, 0.29) is 17.4 Å². The SMILES string of the molecule is CC(C)(CCCl)NC(=O)C1CCCCCC1. The molecule has 1 amide bonds. The van der Waals surface area contributed by atoms with Crippen LogP contribution in [0.15, 0.2) is 0 Å². The molecule has 16 heavy (non-hydrogen) atoms. The second-order valence-electron chi connectivity index (χ2n) is 5.50. The third-order valence-electron chi connectivity index (χ3n) is 3.41. The van der Waals surface area contributed by atoms with Crippen molar-refractivity contribution in [1.29, 1.82) is 0 Å². The molecule has 2 nitrogen and oxygen atoms in total. The van der Waals surface area contributed by atoms with Crippen LogP contribution in [0, 0.1) is 5.92 Å². The Labute approximate surface area is 104 Å². The zero-order valence-electron chi connectivity index (χ0n) is 10.5. The average molecular weight is 246 g/mol. The molecule has 94 valence electrons. The predicted molar refractivity (Wildman–Crippen MR) is 68.8 cm³/mol. The molecule has 0 aliphatic heterocycles. The smallest absolute Gasteiger partial charge is 0.223 e. The molecule has 0 radical (unpaired) electrons. The molecule has 0 aromatic rings. The highest BCUT2D eigenvalue weighted by atomic mass is 35.5. The van der Waals surface area contributed by atoms with E-state index in [2.05, 4.69) is 5.32 Å². The van der Waals surface area contributed by atoms with Crippen molar-refractivity contribution in [2.24, 2.45) is 5.92 Å². The van der Waals surface area contributed by atoms with Crippen LogP contribution in [0.4, 0.5) is 0 Å². The van der Waals surface area contributed by atoms with Crippen LogP contribution in [-0.4, -0.2) is 17.3 Å². The summed E-state index contributed by atoms with van der Waals surface area (Å²) in [6, 6.07) is 0. The molecule has 1 N–H and O–H groups in total. The second kappa shape index (κ2) is 6.48. The van der Waals surface area contributed by atoms with Crippen molar-refractivity contribution < 1.29 is 4.79 Å². The number of rotatable bonds is 4. The summed E-state index contributed by atoms with van der Waals surface area (Å²) in [5, 5.41) is 3.13. The second-order valence-corrected chi connectivity index (χ2v) is 5.88. The number of hydrogen-bond donors (Lipinski definition) is 1. The van der Waals surface area contributed by atoms with Gasteiger partial charge in [0.15, 0.2) is 0 Å². The fourth-order valence-electron chi connectivity index (χ4n) is 2.28. The maximum Gasteiger partial charge on any atom is 0.223 e. The van der Waals surface area contributed by atoms with Crippen molar-refractivity contribution in [2.75, 3.05) is 5.88 Å². The van der Waals surface area contributed by atoms with Gasteiger partial charge in [-0.3, -0.25) is 4.79 Å². The Morgan fingerprint density at radius 1 is 1.25 bits per heavy atom. The van der Waals surface area contributed by atoms with Crippen molar-refractivity contribution in [3.05, 3.63) is 0 Å². The molecule has 0 aromatic carbocycles. The molecule has 0 heterocycles. The standard InChI is InChI=1S/C13H24ClNO/c1-13(2,9-10-14)15-12(16)11-7-5-3-4-6-8-11/h11H,3-10H2,1-2H3,(H,15,16). The topological polar surface area (TPSA) is 29.1 Å². The van der Waals surface area contributed by atoms with Crippen LogP contribution in [0.2, 0.25) is 0 Å². The van der Waals surface area contributed by atoms with Gasteiger partial charge in [-0.05, 0) is 33.1 Å². The summed E-state index contributed by atoms with van der Waals surface area (Å²) >= 11 is 5.73. The number of carbonyl (C=O) groups excluding carboxylic acids is 1. The van der Waals surface area contributed by atoms with E-state index in [0.717, 1.165) is 19.3 Å². The minimum Gasteiger partial charge on any atom is -0.351 e. The first-order chi connectivity index (χ1) is 7.55. The van der Waals surface area contributed by atoms with Crippen molar-refractivity contribution in [2.45, 2.75) is 64.3 Å². The van der Waals surface area contributed by atoms with Crippen LogP contribution in [0.25, 0.3) is 0 Å². The highest BCUT2D eigenvalue weighted by Gasteiger charge is 2.25. The Hall–Kier alpha value is -0.240. The van der Waals surface area contributed by atoms with Crippen molar-refractivity contribution >= 4 is 17.5 Å². The lowest BCUT2D eigenvalue weighted by atomic mass is 9.96. The summed E-state index contributed by atoms with van der Waals surface area (Å²) < 4.78 is 0. The molecule has 0 spiro atoms. The highest BCUT2D eigenvalue weighted by Crippen LogP contribution is 2.24. The van der Waals surface area contributed by atoms with Gasteiger partial charge in [0.2, 0.25) is 5.91 Å². The monoisotopic (exact) mass is 245 g/mol. The molecule has 1 rings (SSSR count). The number of halogens is 1. The molecular formula is C13H24ClNO. The van der Waals surface area contributed by atoms with E-state index >= 15 is 0 Å². The largest absolute Gasteiger partial charge is 0.351 e. The molecule has 0 saturated heterocycles. The quantitative estimate of drug-likeness (QED) is 0.596. The molecular weight excluding hydrogens is 222 g/mol. The number of nitrogens with one attached hydrogen (secondary N) is 1. The van der Waals surface area contributed by atoms with Gasteiger partial charge in [-0.25, -0.2) is 0 Å². The van der Waals surface area contributed by atoms with Crippen LogP contribution in [0.3, 0.4) is 0 Å². The van der Waals surface area contributed by atoms with Gasteiger partial charge >= 0.3 is 0 Å². The fraction of sp³-hybridized carbons (Fsp3) is 0.923. The highest BCUT2D eigenvalue weighted by molar-refractivity contribution is 6.17. The Bertz CT molecular complexity index is 220. The summed E-state index contributed by atoms with van der Waals surface area (Å²) in [6.07, 6.45) is 7.92. The molecule has 0 atom stereocenters. The maximum atomic E-state index is 12.1. The number of hydrogen-bond acceptors (Lipinski definition) is 1.